The largest absolute Gasteiger partial charge is 0.497 e. The predicted octanol–water partition coefficient (Wildman–Crippen LogP) is 2.08. The lowest BCUT2D eigenvalue weighted by Gasteiger charge is -2.37. The number of nitrogens with zero attached hydrogens (tertiary/aromatic N) is 1. The third-order valence-corrected chi connectivity index (χ3v) is 4.54. The van der Waals surface area contributed by atoms with Crippen molar-refractivity contribution in [3.05, 3.63) is 18.2 Å². The van der Waals surface area contributed by atoms with Gasteiger partial charge in [0.15, 0.2) is 0 Å². The molecule has 0 saturated carbocycles. The monoisotopic (exact) mass is 253 g/mol. The molecule has 0 aliphatic carbocycles. The smallest absolute Gasteiger partial charge is 0.319 e. The first-order valence-electron chi connectivity index (χ1n) is 5.35. The van der Waals surface area contributed by atoms with Crippen molar-refractivity contribution in [2.45, 2.75) is 23.1 Å². The van der Waals surface area contributed by atoms with Gasteiger partial charge in [-0.25, -0.2) is 0 Å². The molecule has 2 atom stereocenters. The fourth-order valence-electron chi connectivity index (χ4n) is 1.91. The molecule has 0 amide bonds. The molecule has 0 bridgehead atoms. The number of rotatable bonds is 2. The van der Waals surface area contributed by atoms with Crippen LogP contribution in [0.4, 0.5) is 5.69 Å². The Morgan fingerprint density at radius 3 is 2.82 bits per heavy atom. The van der Waals surface area contributed by atoms with Crippen LogP contribution in [0.25, 0.3) is 0 Å². The maximum Gasteiger partial charge on any atom is 0.319 e. The Morgan fingerprint density at radius 2 is 2.24 bits per heavy atom. The SMILES string of the molecule is COc1ccc2c(c1)N(C)C(C)C(C(=O)O)S2. The van der Waals surface area contributed by atoms with Crippen LogP contribution in [-0.4, -0.2) is 36.5 Å². The lowest BCUT2D eigenvalue weighted by atomic mass is 10.1. The molecule has 2 rings (SSSR count). The number of benzene rings is 1. The Kier molecular flexibility index (Phi) is 3.19. The van der Waals surface area contributed by atoms with Crippen molar-refractivity contribution in [3.63, 3.8) is 0 Å². The van der Waals surface area contributed by atoms with Gasteiger partial charge in [0, 0.05) is 24.1 Å². The van der Waals surface area contributed by atoms with Crippen molar-refractivity contribution in [1.29, 1.82) is 0 Å². The summed E-state index contributed by atoms with van der Waals surface area (Å²) in [5.74, 6) is 0.0213. The molecule has 1 aliphatic rings. The van der Waals surface area contributed by atoms with Crippen molar-refractivity contribution in [2.24, 2.45) is 0 Å². The standard InChI is InChI=1S/C12H15NO3S/c1-7-11(12(14)15)17-10-5-4-8(16-3)6-9(10)13(7)2/h4-7,11H,1-3H3,(H,14,15). The lowest BCUT2D eigenvalue weighted by molar-refractivity contribution is -0.136. The number of methoxy groups -OCH3 is 1. The second-order valence-corrected chi connectivity index (χ2v) is 5.25. The molecule has 1 aromatic carbocycles. The number of hydrogen-bond donors (Lipinski definition) is 1. The maximum absolute atomic E-state index is 11.2. The minimum Gasteiger partial charge on any atom is -0.497 e. The number of carbonyl (C=O) groups is 1. The van der Waals surface area contributed by atoms with E-state index in [0.29, 0.717) is 0 Å². The first-order valence-corrected chi connectivity index (χ1v) is 6.23. The first kappa shape index (κ1) is 12.1. The Morgan fingerprint density at radius 1 is 1.53 bits per heavy atom. The minimum atomic E-state index is -0.768. The zero-order valence-corrected chi connectivity index (χ0v) is 10.8. The number of ether oxygens (including phenoxy) is 1. The number of thioether (sulfide) groups is 1. The van der Waals surface area contributed by atoms with Crippen molar-refractivity contribution >= 4 is 23.4 Å². The van der Waals surface area contributed by atoms with Gasteiger partial charge in [-0.05, 0) is 19.1 Å². The number of anilines is 1. The van der Waals surface area contributed by atoms with Crippen molar-refractivity contribution < 1.29 is 14.6 Å². The van der Waals surface area contributed by atoms with Crippen LogP contribution in [0.15, 0.2) is 23.1 Å². The highest BCUT2D eigenvalue weighted by Crippen LogP contribution is 2.42. The van der Waals surface area contributed by atoms with Crippen LogP contribution in [0.5, 0.6) is 5.75 Å². The highest BCUT2D eigenvalue weighted by molar-refractivity contribution is 8.00. The van der Waals surface area contributed by atoms with Crippen LogP contribution < -0.4 is 9.64 Å². The van der Waals surface area contributed by atoms with Crippen molar-refractivity contribution in [2.75, 3.05) is 19.1 Å². The molecule has 0 spiro atoms. The number of fused-ring (bicyclic) bond motifs is 1. The molecular weight excluding hydrogens is 238 g/mol. The Hall–Kier alpha value is -1.36. The van der Waals surface area contributed by atoms with Crippen LogP contribution in [0, 0.1) is 0 Å². The molecule has 92 valence electrons. The van der Waals surface area contributed by atoms with Gasteiger partial charge in [-0.15, -0.1) is 11.8 Å². The first-order chi connectivity index (χ1) is 8.04. The molecule has 1 aromatic rings. The maximum atomic E-state index is 11.2. The third kappa shape index (κ3) is 2.07. The van der Waals surface area contributed by atoms with E-state index in [-0.39, 0.29) is 6.04 Å². The summed E-state index contributed by atoms with van der Waals surface area (Å²) in [6.45, 7) is 1.92. The fraction of sp³-hybridized carbons (Fsp3) is 0.417. The van der Waals surface area contributed by atoms with Gasteiger partial charge in [0.25, 0.3) is 0 Å². The molecule has 5 heteroatoms. The van der Waals surface area contributed by atoms with E-state index >= 15 is 0 Å². The van der Waals surface area contributed by atoms with Crippen molar-refractivity contribution in [3.8, 4) is 5.75 Å². The van der Waals surface area contributed by atoms with Crippen LogP contribution in [0.3, 0.4) is 0 Å². The van der Waals surface area contributed by atoms with Gasteiger partial charge in [0.2, 0.25) is 0 Å². The second-order valence-electron chi connectivity index (χ2n) is 4.06. The highest BCUT2D eigenvalue weighted by Gasteiger charge is 2.34. The lowest BCUT2D eigenvalue weighted by Crippen LogP contribution is -2.44. The Labute approximate surface area is 105 Å². The van der Waals surface area contributed by atoms with E-state index in [4.69, 9.17) is 4.74 Å². The molecule has 0 fully saturated rings. The van der Waals surface area contributed by atoms with Gasteiger partial charge in [-0.3, -0.25) is 4.79 Å². The van der Waals surface area contributed by atoms with Crippen molar-refractivity contribution in [1.82, 2.24) is 0 Å². The summed E-state index contributed by atoms with van der Waals surface area (Å²) in [4.78, 5) is 14.1. The molecule has 0 saturated heterocycles. The quantitative estimate of drug-likeness (QED) is 0.874. The Bertz CT molecular complexity index is 449. The topological polar surface area (TPSA) is 49.8 Å². The molecule has 4 nitrogen and oxygen atoms in total. The summed E-state index contributed by atoms with van der Waals surface area (Å²) in [5, 5.41) is 8.75. The highest BCUT2D eigenvalue weighted by atomic mass is 32.2. The number of carboxylic acid groups (broad SMARTS) is 1. The van der Waals surface area contributed by atoms with Gasteiger partial charge >= 0.3 is 5.97 Å². The molecule has 1 aliphatic heterocycles. The van der Waals surface area contributed by atoms with Crippen LogP contribution in [0.2, 0.25) is 0 Å². The zero-order valence-electron chi connectivity index (χ0n) is 10.0. The molecule has 0 radical (unpaired) electrons. The van der Waals surface area contributed by atoms with Gasteiger partial charge in [-0.1, -0.05) is 0 Å². The normalized spacial score (nSPS) is 23.1. The number of hydrogen-bond acceptors (Lipinski definition) is 4. The van der Waals surface area contributed by atoms with E-state index in [1.807, 2.05) is 37.1 Å². The summed E-state index contributed by atoms with van der Waals surface area (Å²) >= 11 is 1.40. The van der Waals surface area contributed by atoms with Crippen LogP contribution in [0.1, 0.15) is 6.92 Å². The molecule has 17 heavy (non-hydrogen) atoms. The summed E-state index contributed by atoms with van der Waals surface area (Å²) < 4.78 is 5.19. The average Bonchev–Trinajstić information content (AvgIpc) is 2.33. The minimum absolute atomic E-state index is 0.0443. The fourth-order valence-corrected chi connectivity index (χ4v) is 3.14. The number of aliphatic carboxylic acids is 1. The number of carboxylic acids is 1. The third-order valence-electron chi connectivity index (χ3n) is 3.09. The molecule has 2 unspecified atom stereocenters. The van der Waals surface area contributed by atoms with E-state index < -0.39 is 11.2 Å². The van der Waals surface area contributed by atoms with Gasteiger partial charge in [0.05, 0.1) is 12.8 Å². The van der Waals surface area contributed by atoms with E-state index in [9.17, 15) is 9.90 Å². The predicted molar refractivity (Wildman–Crippen MR) is 68.1 cm³/mol. The Balaban J connectivity index is 2.41. The van der Waals surface area contributed by atoms with Gasteiger partial charge in [-0.2, -0.15) is 0 Å². The summed E-state index contributed by atoms with van der Waals surface area (Å²) in [5.41, 5.74) is 1.03. The second kappa shape index (κ2) is 4.49. The summed E-state index contributed by atoms with van der Waals surface area (Å²) in [6, 6.07) is 5.67. The molecular formula is C12H15NO3S. The van der Waals surface area contributed by atoms with E-state index in [0.717, 1.165) is 16.3 Å². The average molecular weight is 253 g/mol. The summed E-state index contributed by atoms with van der Waals surface area (Å²) in [6.07, 6.45) is 0. The molecule has 1 N–H and O–H groups in total. The molecule has 1 heterocycles. The summed E-state index contributed by atoms with van der Waals surface area (Å²) in [7, 11) is 3.54. The van der Waals surface area contributed by atoms with Gasteiger partial charge in [0.1, 0.15) is 11.0 Å². The van der Waals surface area contributed by atoms with Crippen LogP contribution >= 0.6 is 11.8 Å². The van der Waals surface area contributed by atoms with E-state index in [2.05, 4.69) is 0 Å². The van der Waals surface area contributed by atoms with Gasteiger partial charge < -0.3 is 14.7 Å². The van der Waals surface area contributed by atoms with E-state index in [1.165, 1.54) is 11.8 Å². The van der Waals surface area contributed by atoms with E-state index in [1.54, 1.807) is 7.11 Å². The van der Waals surface area contributed by atoms with Crippen LogP contribution in [-0.2, 0) is 4.79 Å². The molecule has 0 aromatic heterocycles. The zero-order chi connectivity index (χ0) is 12.6.